The zero-order chi connectivity index (χ0) is 18.5. The van der Waals surface area contributed by atoms with Crippen LogP contribution in [0.1, 0.15) is 67.7 Å². The van der Waals surface area contributed by atoms with Crippen molar-refractivity contribution < 1.29 is 9.59 Å². The molecule has 2 aliphatic heterocycles. The predicted octanol–water partition coefficient (Wildman–Crippen LogP) is 2.16. The Morgan fingerprint density at radius 2 is 1.88 bits per heavy atom. The number of aromatic nitrogens is 2. The van der Waals surface area contributed by atoms with Crippen LogP contribution in [0.15, 0.2) is 0 Å². The lowest BCUT2D eigenvalue weighted by molar-refractivity contribution is -0.147. The van der Waals surface area contributed by atoms with E-state index < -0.39 is 0 Å². The van der Waals surface area contributed by atoms with Gasteiger partial charge in [0.25, 0.3) is 5.91 Å². The summed E-state index contributed by atoms with van der Waals surface area (Å²) in [4.78, 5) is 30.2. The summed E-state index contributed by atoms with van der Waals surface area (Å²) in [5.74, 6) is 0.271. The zero-order valence-electron chi connectivity index (χ0n) is 16.3. The molecule has 1 aliphatic carbocycles. The molecule has 142 valence electrons. The zero-order valence-corrected chi connectivity index (χ0v) is 16.3. The topological polar surface area (TPSA) is 58.4 Å². The molecule has 4 rings (SSSR count). The number of nitrogens with zero attached hydrogens (tertiary/aromatic N) is 4. The molecule has 0 N–H and O–H groups in total. The van der Waals surface area contributed by atoms with Crippen LogP contribution >= 0.6 is 0 Å². The van der Waals surface area contributed by atoms with Crippen LogP contribution < -0.4 is 0 Å². The normalized spacial score (nSPS) is 26.1. The van der Waals surface area contributed by atoms with Crippen molar-refractivity contribution in [1.82, 2.24) is 19.6 Å². The lowest BCUT2D eigenvalue weighted by Gasteiger charge is -2.41. The lowest BCUT2D eigenvalue weighted by Crippen LogP contribution is -2.52. The van der Waals surface area contributed by atoms with E-state index in [4.69, 9.17) is 0 Å². The number of hydrogen-bond donors (Lipinski definition) is 0. The lowest BCUT2D eigenvalue weighted by atomic mass is 9.78. The summed E-state index contributed by atoms with van der Waals surface area (Å²) in [6.07, 6.45) is 6.98. The molecule has 0 aromatic carbocycles. The summed E-state index contributed by atoms with van der Waals surface area (Å²) in [6, 6.07) is 0.229. The van der Waals surface area contributed by atoms with Crippen molar-refractivity contribution in [1.29, 1.82) is 0 Å². The van der Waals surface area contributed by atoms with E-state index in [1.807, 2.05) is 21.5 Å². The molecule has 1 aromatic heterocycles. The van der Waals surface area contributed by atoms with Crippen LogP contribution in [0, 0.1) is 5.41 Å². The molecule has 3 aliphatic rings. The highest BCUT2D eigenvalue weighted by Gasteiger charge is 2.50. The first-order chi connectivity index (χ1) is 12.4. The summed E-state index contributed by atoms with van der Waals surface area (Å²) in [6.45, 7) is 6.23. The van der Waals surface area contributed by atoms with Gasteiger partial charge in [-0.1, -0.05) is 0 Å². The Bertz CT molecular complexity index is 738. The summed E-state index contributed by atoms with van der Waals surface area (Å²) in [5.41, 5.74) is 2.62. The van der Waals surface area contributed by atoms with Crippen LogP contribution in [-0.4, -0.2) is 57.1 Å². The number of hydrogen-bond acceptors (Lipinski definition) is 3. The molecule has 0 bridgehead atoms. The number of amides is 2. The van der Waals surface area contributed by atoms with Gasteiger partial charge < -0.3 is 9.80 Å². The van der Waals surface area contributed by atoms with Crippen molar-refractivity contribution in [3.8, 4) is 0 Å². The van der Waals surface area contributed by atoms with E-state index in [0.717, 1.165) is 50.6 Å². The molecule has 0 unspecified atom stereocenters. The maximum Gasteiger partial charge on any atom is 0.274 e. The van der Waals surface area contributed by atoms with E-state index in [0.29, 0.717) is 18.8 Å². The van der Waals surface area contributed by atoms with Gasteiger partial charge in [0.05, 0.1) is 5.41 Å². The van der Waals surface area contributed by atoms with Crippen molar-refractivity contribution in [2.24, 2.45) is 12.5 Å². The molecule has 6 nitrogen and oxygen atoms in total. The molecule has 6 heteroatoms. The smallest absolute Gasteiger partial charge is 0.274 e. The summed E-state index contributed by atoms with van der Waals surface area (Å²) in [5, 5.41) is 4.56. The van der Waals surface area contributed by atoms with Crippen molar-refractivity contribution >= 4 is 11.8 Å². The number of carbonyl (C=O) groups is 2. The Hall–Kier alpha value is -1.85. The number of carbonyl (C=O) groups excluding carboxylic acids is 2. The van der Waals surface area contributed by atoms with E-state index in [1.54, 1.807) is 0 Å². The molecule has 3 heterocycles. The highest BCUT2D eigenvalue weighted by molar-refractivity contribution is 5.95. The van der Waals surface area contributed by atoms with Crippen LogP contribution in [0.2, 0.25) is 0 Å². The minimum absolute atomic E-state index is 0.0232. The molecule has 0 radical (unpaired) electrons. The molecule has 1 spiro atoms. The standard InChI is InChI=1S/C20H30N4O2/c1-14(2)24-11-6-9-20(19(24)26)10-12-23(13-20)18(25)17-15-7-4-5-8-16(15)22(3)21-17/h14H,4-13H2,1-3H3/t20-/m0/s1. The SMILES string of the molecule is CC(C)N1CCC[C@@]2(CCN(C(=O)c3nn(C)c4c3CCCC4)C2)C1=O. The average molecular weight is 358 g/mol. The van der Waals surface area contributed by atoms with Gasteiger partial charge in [-0.15, -0.1) is 0 Å². The van der Waals surface area contributed by atoms with Gasteiger partial charge in [0.2, 0.25) is 5.91 Å². The Morgan fingerprint density at radius 1 is 1.12 bits per heavy atom. The minimum atomic E-state index is -0.368. The van der Waals surface area contributed by atoms with E-state index in [2.05, 4.69) is 18.9 Å². The first-order valence-electron chi connectivity index (χ1n) is 10.1. The van der Waals surface area contributed by atoms with Gasteiger partial charge in [-0.3, -0.25) is 14.3 Å². The van der Waals surface area contributed by atoms with Gasteiger partial charge in [-0.2, -0.15) is 5.10 Å². The summed E-state index contributed by atoms with van der Waals surface area (Å²) in [7, 11) is 1.94. The van der Waals surface area contributed by atoms with E-state index >= 15 is 0 Å². The highest BCUT2D eigenvalue weighted by atomic mass is 16.2. The van der Waals surface area contributed by atoms with Gasteiger partial charge in [0, 0.05) is 44.0 Å². The molecular formula is C20H30N4O2. The van der Waals surface area contributed by atoms with Crippen LogP contribution in [0.25, 0.3) is 0 Å². The van der Waals surface area contributed by atoms with Crippen molar-refractivity contribution in [2.45, 2.75) is 64.8 Å². The van der Waals surface area contributed by atoms with Gasteiger partial charge in [-0.25, -0.2) is 0 Å². The number of rotatable bonds is 2. The fourth-order valence-electron chi connectivity index (χ4n) is 5.11. The first kappa shape index (κ1) is 17.6. The van der Waals surface area contributed by atoms with Gasteiger partial charge >= 0.3 is 0 Å². The van der Waals surface area contributed by atoms with E-state index in [-0.39, 0.29) is 23.3 Å². The van der Waals surface area contributed by atoms with E-state index in [1.165, 1.54) is 12.1 Å². The molecule has 1 atom stereocenters. The number of fused-ring (bicyclic) bond motifs is 1. The Morgan fingerprint density at radius 3 is 2.65 bits per heavy atom. The largest absolute Gasteiger partial charge is 0.340 e. The summed E-state index contributed by atoms with van der Waals surface area (Å²) < 4.78 is 1.89. The Labute approximate surface area is 155 Å². The fourth-order valence-corrected chi connectivity index (χ4v) is 5.11. The van der Waals surface area contributed by atoms with Gasteiger partial charge in [-0.05, 0) is 58.8 Å². The van der Waals surface area contributed by atoms with Crippen LogP contribution in [0.5, 0.6) is 0 Å². The van der Waals surface area contributed by atoms with Crippen molar-refractivity contribution in [3.63, 3.8) is 0 Å². The second-order valence-corrected chi connectivity index (χ2v) is 8.56. The molecule has 26 heavy (non-hydrogen) atoms. The fraction of sp³-hybridized carbons (Fsp3) is 0.750. The van der Waals surface area contributed by atoms with Crippen LogP contribution in [0.4, 0.5) is 0 Å². The summed E-state index contributed by atoms with van der Waals surface area (Å²) >= 11 is 0. The van der Waals surface area contributed by atoms with Crippen LogP contribution in [-0.2, 0) is 24.7 Å². The number of likely N-dealkylation sites (tertiary alicyclic amines) is 2. The highest BCUT2D eigenvalue weighted by Crippen LogP contribution is 2.41. The van der Waals surface area contributed by atoms with E-state index in [9.17, 15) is 9.59 Å². The third kappa shape index (κ3) is 2.65. The maximum atomic E-state index is 13.2. The molecule has 2 saturated heterocycles. The van der Waals surface area contributed by atoms with Crippen molar-refractivity contribution in [3.05, 3.63) is 17.0 Å². The molecule has 2 fully saturated rings. The Balaban J connectivity index is 1.56. The Kier molecular flexibility index (Phi) is 4.32. The quantitative estimate of drug-likeness (QED) is 0.814. The molecule has 1 aromatic rings. The third-order valence-corrected chi connectivity index (χ3v) is 6.60. The maximum absolute atomic E-state index is 13.2. The first-order valence-corrected chi connectivity index (χ1v) is 10.1. The van der Waals surface area contributed by atoms with Crippen molar-refractivity contribution in [2.75, 3.05) is 19.6 Å². The molecular weight excluding hydrogens is 328 g/mol. The molecule has 2 amide bonds. The predicted molar refractivity (Wildman–Crippen MR) is 98.9 cm³/mol. The second kappa shape index (κ2) is 6.39. The average Bonchev–Trinajstić information content (AvgIpc) is 3.20. The third-order valence-electron chi connectivity index (χ3n) is 6.60. The second-order valence-electron chi connectivity index (χ2n) is 8.56. The van der Waals surface area contributed by atoms with Crippen LogP contribution in [0.3, 0.4) is 0 Å². The monoisotopic (exact) mass is 358 g/mol. The van der Waals surface area contributed by atoms with Gasteiger partial charge in [0.15, 0.2) is 5.69 Å². The number of aryl methyl sites for hydroxylation is 1. The molecule has 0 saturated carbocycles. The minimum Gasteiger partial charge on any atom is -0.340 e. The van der Waals surface area contributed by atoms with Gasteiger partial charge in [0.1, 0.15) is 0 Å². The number of piperidine rings is 1.